The first-order valence-corrected chi connectivity index (χ1v) is 7.02. The van der Waals surface area contributed by atoms with Crippen LogP contribution in [0.5, 0.6) is 0 Å². The van der Waals surface area contributed by atoms with Crippen LogP contribution in [0.25, 0.3) is 0 Å². The zero-order valence-corrected chi connectivity index (χ0v) is 11.1. The van der Waals surface area contributed by atoms with Crippen LogP contribution in [0.1, 0.15) is 30.4 Å². The summed E-state index contributed by atoms with van der Waals surface area (Å²) in [5.74, 6) is 2.00. The number of furan rings is 1. The van der Waals surface area contributed by atoms with Crippen molar-refractivity contribution in [3.05, 3.63) is 23.7 Å². The van der Waals surface area contributed by atoms with Crippen molar-refractivity contribution in [1.82, 2.24) is 9.80 Å². The largest absolute Gasteiger partial charge is 0.465 e. The van der Waals surface area contributed by atoms with Gasteiger partial charge in [0.05, 0.1) is 6.04 Å². The molecule has 1 saturated heterocycles. The molecule has 2 heterocycles. The molecule has 3 rings (SSSR count). The van der Waals surface area contributed by atoms with Gasteiger partial charge in [-0.2, -0.15) is 0 Å². The van der Waals surface area contributed by atoms with Gasteiger partial charge in [0.25, 0.3) is 0 Å². The molecule has 100 valence electrons. The molecular formula is C14H23N3O. The molecule has 4 nitrogen and oxygen atoms in total. The minimum Gasteiger partial charge on any atom is -0.465 e. The molecule has 0 spiro atoms. The number of nitrogens with zero attached hydrogens (tertiary/aromatic N) is 2. The van der Waals surface area contributed by atoms with Crippen molar-refractivity contribution in [1.29, 1.82) is 0 Å². The smallest absolute Gasteiger partial charge is 0.122 e. The molecule has 0 aromatic carbocycles. The number of aryl methyl sites for hydroxylation is 1. The van der Waals surface area contributed by atoms with Crippen LogP contribution in [0.15, 0.2) is 16.5 Å². The van der Waals surface area contributed by atoms with E-state index < -0.39 is 0 Å². The van der Waals surface area contributed by atoms with E-state index in [9.17, 15) is 0 Å². The van der Waals surface area contributed by atoms with E-state index in [4.69, 9.17) is 10.2 Å². The van der Waals surface area contributed by atoms with Gasteiger partial charge in [-0.3, -0.25) is 9.80 Å². The number of rotatable bonds is 4. The Morgan fingerprint density at radius 3 is 2.50 bits per heavy atom. The minimum atomic E-state index is 0.250. The van der Waals surface area contributed by atoms with Crippen LogP contribution in [0.4, 0.5) is 0 Å². The van der Waals surface area contributed by atoms with Crippen molar-refractivity contribution in [2.24, 2.45) is 5.73 Å². The molecular weight excluding hydrogens is 226 g/mol. The van der Waals surface area contributed by atoms with Crippen LogP contribution in [-0.4, -0.2) is 48.6 Å². The first kappa shape index (κ1) is 12.2. The van der Waals surface area contributed by atoms with Crippen molar-refractivity contribution < 1.29 is 4.42 Å². The van der Waals surface area contributed by atoms with E-state index in [1.165, 1.54) is 25.9 Å². The lowest BCUT2D eigenvalue weighted by atomic mass is 10.1. The quantitative estimate of drug-likeness (QED) is 0.875. The van der Waals surface area contributed by atoms with Gasteiger partial charge in [-0.15, -0.1) is 0 Å². The van der Waals surface area contributed by atoms with Crippen molar-refractivity contribution in [2.75, 3.05) is 32.7 Å². The van der Waals surface area contributed by atoms with Crippen LogP contribution in [0.3, 0.4) is 0 Å². The van der Waals surface area contributed by atoms with E-state index in [2.05, 4.69) is 15.9 Å². The Morgan fingerprint density at radius 1 is 1.28 bits per heavy atom. The number of hydrogen-bond donors (Lipinski definition) is 1. The highest BCUT2D eigenvalue weighted by atomic mass is 16.3. The minimum absolute atomic E-state index is 0.250. The maximum Gasteiger partial charge on any atom is 0.122 e. The lowest BCUT2D eigenvalue weighted by Gasteiger charge is -2.38. The average Bonchev–Trinajstić information content (AvgIpc) is 3.15. The molecule has 2 aliphatic rings. The Balaban J connectivity index is 1.62. The second-order valence-electron chi connectivity index (χ2n) is 5.50. The van der Waals surface area contributed by atoms with Gasteiger partial charge >= 0.3 is 0 Å². The summed E-state index contributed by atoms with van der Waals surface area (Å²) >= 11 is 0. The maximum absolute atomic E-state index is 5.94. The molecule has 1 aromatic heterocycles. The zero-order valence-electron chi connectivity index (χ0n) is 11.1. The molecule has 0 radical (unpaired) electrons. The van der Waals surface area contributed by atoms with Crippen LogP contribution in [0, 0.1) is 6.92 Å². The summed E-state index contributed by atoms with van der Waals surface area (Å²) in [6.45, 7) is 7.20. The summed E-state index contributed by atoms with van der Waals surface area (Å²) in [5.41, 5.74) is 5.94. The lowest BCUT2D eigenvalue weighted by Crippen LogP contribution is -2.49. The highest BCUT2D eigenvalue weighted by Gasteiger charge is 2.33. The summed E-state index contributed by atoms with van der Waals surface area (Å²) in [4.78, 5) is 5.09. The van der Waals surface area contributed by atoms with Crippen molar-refractivity contribution in [3.8, 4) is 0 Å². The topological polar surface area (TPSA) is 45.6 Å². The first-order valence-electron chi connectivity index (χ1n) is 7.02. The molecule has 0 amide bonds. The fourth-order valence-corrected chi connectivity index (χ4v) is 2.93. The molecule has 2 fully saturated rings. The van der Waals surface area contributed by atoms with Crippen molar-refractivity contribution in [2.45, 2.75) is 31.8 Å². The third-order valence-electron chi connectivity index (χ3n) is 4.17. The average molecular weight is 249 g/mol. The summed E-state index contributed by atoms with van der Waals surface area (Å²) in [6, 6.07) is 5.23. The Morgan fingerprint density at radius 2 is 2.00 bits per heavy atom. The van der Waals surface area contributed by atoms with E-state index in [1.54, 1.807) is 0 Å². The van der Waals surface area contributed by atoms with Gasteiger partial charge in [-0.05, 0) is 31.9 Å². The van der Waals surface area contributed by atoms with E-state index in [-0.39, 0.29) is 6.04 Å². The van der Waals surface area contributed by atoms with Gasteiger partial charge in [0, 0.05) is 38.8 Å². The van der Waals surface area contributed by atoms with E-state index >= 15 is 0 Å². The van der Waals surface area contributed by atoms with Gasteiger partial charge in [0.1, 0.15) is 11.5 Å². The predicted octanol–water partition coefficient (Wildman–Crippen LogP) is 1.37. The van der Waals surface area contributed by atoms with Gasteiger partial charge in [0.2, 0.25) is 0 Å². The third-order valence-corrected chi connectivity index (χ3v) is 4.17. The van der Waals surface area contributed by atoms with Crippen LogP contribution < -0.4 is 5.73 Å². The van der Waals surface area contributed by atoms with E-state index in [1.807, 2.05) is 13.0 Å². The number of hydrogen-bond acceptors (Lipinski definition) is 4. The van der Waals surface area contributed by atoms with Crippen LogP contribution in [-0.2, 0) is 0 Å². The summed E-state index contributed by atoms with van der Waals surface area (Å²) in [7, 11) is 0. The van der Waals surface area contributed by atoms with E-state index in [0.29, 0.717) is 6.54 Å². The van der Waals surface area contributed by atoms with Gasteiger partial charge in [-0.25, -0.2) is 0 Å². The third kappa shape index (κ3) is 2.46. The molecule has 18 heavy (non-hydrogen) atoms. The lowest BCUT2D eigenvalue weighted by molar-refractivity contribution is 0.0849. The highest BCUT2D eigenvalue weighted by molar-refractivity contribution is 5.10. The number of nitrogens with two attached hydrogens (primary N) is 1. The van der Waals surface area contributed by atoms with Crippen LogP contribution in [0.2, 0.25) is 0 Å². The second kappa shape index (κ2) is 5.03. The Bertz CT molecular complexity index is 391. The van der Waals surface area contributed by atoms with Crippen molar-refractivity contribution >= 4 is 0 Å². The highest BCUT2D eigenvalue weighted by Crippen LogP contribution is 2.29. The Labute approximate surface area is 109 Å². The predicted molar refractivity (Wildman–Crippen MR) is 71.4 cm³/mol. The molecule has 2 N–H and O–H groups in total. The van der Waals surface area contributed by atoms with Gasteiger partial charge in [-0.1, -0.05) is 0 Å². The molecule has 1 unspecified atom stereocenters. The SMILES string of the molecule is Cc1ccc(C(CN)N2CCN(C3CC3)CC2)o1. The van der Waals surface area contributed by atoms with E-state index in [0.717, 1.165) is 30.7 Å². The monoisotopic (exact) mass is 249 g/mol. The summed E-state index contributed by atoms with van der Waals surface area (Å²) in [5, 5.41) is 0. The Hall–Kier alpha value is -0.840. The Kier molecular flexibility index (Phi) is 3.41. The van der Waals surface area contributed by atoms with Gasteiger partial charge < -0.3 is 10.2 Å². The fourth-order valence-electron chi connectivity index (χ4n) is 2.93. The summed E-state index contributed by atoms with van der Waals surface area (Å²) in [6.07, 6.45) is 2.80. The maximum atomic E-state index is 5.94. The normalized spacial score (nSPS) is 24.3. The fraction of sp³-hybridized carbons (Fsp3) is 0.714. The van der Waals surface area contributed by atoms with Crippen LogP contribution >= 0.6 is 0 Å². The van der Waals surface area contributed by atoms with Gasteiger partial charge in [0.15, 0.2) is 0 Å². The second-order valence-corrected chi connectivity index (χ2v) is 5.50. The molecule has 4 heteroatoms. The molecule has 1 atom stereocenters. The molecule has 0 bridgehead atoms. The standard InChI is InChI=1S/C14H23N3O/c1-11-2-5-14(18-11)13(10-15)17-8-6-16(7-9-17)12-3-4-12/h2,5,12-13H,3-4,6-10,15H2,1H3. The summed E-state index contributed by atoms with van der Waals surface area (Å²) < 4.78 is 5.74. The molecule has 1 aromatic rings. The number of piperazine rings is 1. The van der Waals surface area contributed by atoms with Crippen molar-refractivity contribution in [3.63, 3.8) is 0 Å². The molecule has 1 saturated carbocycles. The molecule has 1 aliphatic carbocycles. The zero-order chi connectivity index (χ0) is 12.5. The molecule has 1 aliphatic heterocycles. The first-order chi connectivity index (χ1) is 8.78.